The lowest BCUT2D eigenvalue weighted by Crippen LogP contribution is -2.36. The molecule has 0 heterocycles. The summed E-state index contributed by atoms with van der Waals surface area (Å²) in [5.41, 5.74) is -1.19. The van der Waals surface area contributed by atoms with Crippen LogP contribution in [0.15, 0.2) is 28.7 Å². The van der Waals surface area contributed by atoms with Gasteiger partial charge in [0.1, 0.15) is 18.0 Å². The lowest BCUT2D eigenvalue weighted by atomic mass is 10.1. The Morgan fingerprint density at radius 1 is 1.36 bits per heavy atom. The molecule has 0 aromatic heterocycles. The van der Waals surface area contributed by atoms with Gasteiger partial charge in [-0.2, -0.15) is 0 Å². The predicted molar refractivity (Wildman–Crippen MR) is 57.3 cm³/mol. The van der Waals surface area contributed by atoms with Crippen molar-refractivity contribution in [2.24, 2.45) is 0 Å². The Labute approximate surface area is 91.5 Å². The smallest absolute Gasteiger partial charge is 0.119 e. The Morgan fingerprint density at radius 3 is 2.43 bits per heavy atom. The summed E-state index contributed by atoms with van der Waals surface area (Å²) in [4.78, 5) is 0. The molecule has 0 unspecified atom stereocenters. The number of benzene rings is 1. The number of aliphatic hydroxyl groups excluding tert-OH is 1. The van der Waals surface area contributed by atoms with E-state index in [0.29, 0.717) is 5.75 Å². The second kappa shape index (κ2) is 4.77. The molecule has 0 radical (unpaired) electrons. The third-order valence-corrected chi connectivity index (χ3v) is 2.23. The Morgan fingerprint density at radius 2 is 1.93 bits per heavy atom. The van der Waals surface area contributed by atoms with Gasteiger partial charge in [-0.3, -0.25) is 0 Å². The van der Waals surface area contributed by atoms with Gasteiger partial charge in [0.15, 0.2) is 0 Å². The topological polar surface area (TPSA) is 49.7 Å². The van der Waals surface area contributed by atoms with Crippen LogP contribution in [0.3, 0.4) is 0 Å². The highest BCUT2D eigenvalue weighted by molar-refractivity contribution is 9.10. The SMILES string of the molecule is C[C@@](O)(CO)COc1ccc(Br)cc1. The molecule has 78 valence electrons. The van der Waals surface area contributed by atoms with E-state index in [1.54, 1.807) is 12.1 Å². The molecule has 4 heteroatoms. The number of rotatable bonds is 4. The van der Waals surface area contributed by atoms with E-state index in [2.05, 4.69) is 15.9 Å². The molecule has 0 bridgehead atoms. The van der Waals surface area contributed by atoms with Gasteiger partial charge in [0.25, 0.3) is 0 Å². The van der Waals surface area contributed by atoms with E-state index < -0.39 is 5.60 Å². The highest BCUT2D eigenvalue weighted by Gasteiger charge is 2.19. The average molecular weight is 261 g/mol. The van der Waals surface area contributed by atoms with Crippen molar-refractivity contribution in [1.82, 2.24) is 0 Å². The molecule has 0 aliphatic heterocycles. The van der Waals surface area contributed by atoms with Gasteiger partial charge >= 0.3 is 0 Å². The molecular formula is C10H13BrO3. The van der Waals surface area contributed by atoms with Crippen molar-refractivity contribution in [2.45, 2.75) is 12.5 Å². The molecule has 0 fully saturated rings. The zero-order valence-electron chi connectivity index (χ0n) is 7.90. The standard InChI is InChI=1S/C10H13BrO3/c1-10(13,6-12)7-14-9-4-2-8(11)3-5-9/h2-5,12-13H,6-7H2,1H3/t10-/m1/s1. The van der Waals surface area contributed by atoms with Gasteiger partial charge in [-0.1, -0.05) is 15.9 Å². The molecule has 0 aliphatic carbocycles. The maximum Gasteiger partial charge on any atom is 0.119 e. The minimum atomic E-state index is -1.19. The Hall–Kier alpha value is -0.580. The molecule has 14 heavy (non-hydrogen) atoms. The molecular weight excluding hydrogens is 248 g/mol. The first-order valence-electron chi connectivity index (χ1n) is 4.25. The number of aliphatic hydroxyl groups is 2. The third-order valence-electron chi connectivity index (χ3n) is 1.70. The fourth-order valence-electron chi connectivity index (χ4n) is 0.815. The largest absolute Gasteiger partial charge is 0.491 e. The first-order chi connectivity index (χ1) is 6.53. The van der Waals surface area contributed by atoms with Crippen molar-refractivity contribution < 1.29 is 14.9 Å². The third kappa shape index (κ3) is 3.65. The van der Waals surface area contributed by atoms with Crippen LogP contribution in [-0.4, -0.2) is 29.0 Å². The number of ether oxygens (including phenoxy) is 1. The normalized spacial score (nSPS) is 14.9. The quantitative estimate of drug-likeness (QED) is 0.865. The summed E-state index contributed by atoms with van der Waals surface area (Å²) in [5, 5.41) is 18.2. The molecule has 1 rings (SSSR count). The fraction of sp³-hybridized carbons (Fsp3) is 0.400. The van der Waals surface area contributed by atoms with E-state index in [4.69, 9.17) is 9.84 Å². The molecule has 1 aromatic rings. The summed E-state index contributed by atoms with van der Waals surface area (Å²) in [6, 6.07) is 7.28. The molecule has 1 atom stereocenters. The van der Waals surface area contributed by atoms with Crippen molar-refractivity contribution in [3.63, 3.8) is 0 Å². The van der Waals surface area contributed by atoms with Crippen molar-refractivity contribution in [3.8, 4) is 5.75 Å². The van der Waals surface area contributed by atoms with Crippen molar-refractivity contribution in [1.29, 1.82) is 0 Å². The summed E-state index contributed by atoms with van der Waals surface area (Å²) in [6.45, 7) is 1.28. The Bertz CT molecular complexity index is 282. The van der Waals surface area contributed by atoms with Crippen LogP contribution in [0.2, 0.25) is 0 Å². The molecule has 0 saturated carbocycles. The van der Waals surface area contributed by atoms with Crippen LogP contribution < -0.4 is 4.74 Å². The lowest BCUT2D eigenvalue weighted by Gasteiger charge is -2.20. The van der Waals surface area contributed by atoms with E-state index in [1.165, 1.54) is 6.92 Å². The Kier molecular flexibility index (Phi) is 3.92. The van der Waals surface area contributed by atoms with Gasteiger partial charge in [0.05, 0.1) is 6.61 Å². The zero-order chi connectivity index (χ0) is 10.6. The van der Waals surface area contributed by atoms with E-state index in [9.17, 15) is 5.11 Å². The molecule has 0 saturated heterocycles. The fourth-order valence-corrected chi connectivity index (χ4v) is 1.08. The highest BCUT2D eigenvalue weighted by Crippen LogP contribution is 2.17. The van der Waals surface area contributed by atoms with Gasteiger partial charge < -0.3 is 14.9 Å². The molecule has 3 nitrogen and oxygen atoms in total. The molecule has 0 amide bonds. The first-order valence-corrected chi connectivity index (χ1v) is 5.04. The minimum absolute atomic E-state index is 0.0745. The number of halogens is 1. The second-order valence-corrected chi connectivity index (χ2v) is 4.31. The zero-order valence-corrected chi connectivity index (χ0v) is 9.49. The monoisotopic (exact) mass is 260 g/mol. The van der Waals surface area contributed by atoms with E-state index >= 15 is 0 Å². The maximum atomic E-state index is 9.45. The van der Waals surface area contributed by atoms with E-state index in [1.807, 2.05) is 12.1 Å². The molecule has 0 aliphatic rings. The van der Waals surface area contributed by atoms with Crippen molar-refractivity contribution >= 4 is 15.9 Å². The molecule has 1 aromatic carbocycles. The van der Waals surface area contributed by atoms with Gasteiger partial charge in [-0.15, -0.1) is 0 Å². The van der Waals surface area contributed by atoms with Crippen LogP contribution in [0.1, 0.15) is 6.92 Å². The minimum Gasteiger partial charge on any atom is -0.491 e. The highest BCUT2D eigenvalue weighted by atomic mass is 79.9. The summed E-state index contributed by atoms with van der Waals surface area (Å²) in [7, 11) is 0. The maximum absolute atomic E-state index is 9.45. The summed E-state index contributed by atoms with van der Waals surface area (Å²) >= 11 is 3.30. The lowest BCUT2D eigenvalue weighted by molar-refractivity contribution is -0.0325. The summed E-state index contributed by atoms with van der Waals surface area (Å²) in [6.07, 6.45) is 0. The second-order valence-electron chi connectivity index (χ2n) is 3.40. The van der Waals surface area contributed by atoms with Gasteiger partial charge in [0.2, 0.25) is 0 Å². The average Bonchev–Trinajstić information content (AvgIpc) is 2.17. The van der Waals surface area contributed by atoms with Gasteiger partial charge in [-0.25, -0.2) is 0 Å². The Balaban J connectivity index is 2.50. The van der Waals surface area contributed by atoms with Crippen LogP contribution in [0.25, 0.3) is 0 Å². The van der Waals surface area contributed by atoms with Crippen LogP contribution >= 0.6 is 15.9 Å². The first kappa shape index (κ1) is 11.5. The van der Waals surface area contributed by atoms with Crippen molar-refractivity contribution in [2.75, 3.05) is 13.2 Å². The van der Waals surface area contributed by atoms with E-state index in [-0.39, 0.29) is 13.2 Å². The van der Waals surface area contributed by atoms with Crippen molar-refractivity contribution in [3.05, 3.63) is 28.7 Å². The summed E-state index contributed by atoms with van der Waals surface area (Å²) < 4.78 is 6.26. The van der Waals surface area contributed by atoms with Crippen LogP contribution in [0.4, 0.5) is 0 Å². The number of hydrogen-bond donors (Lipinski definition) is 2. The van der Waals surface area contributed by atoms with Gasteiger partial charge in [-0.05, 0) is 31.2 Å². The predicted octanol–water partition coefficient (Wildman–Crippen LogP) is 1.57. The van der Waals surface area contributed by atoms with E-state index in [0.717, 1.165) is 4.47 Å². The van der Waals surface area contributed by atoms with Crippen LogP contribution in [0, 0.1) is 0 Å². The number of hydrogen-bond acceptors (Lipinski definition) is 3. The molecule has 2 N–H and O–H groups in total. The van der Waals surface area contributed by atoms with Crippen LogP contribution in [-0.2, 0) is 0 Å². The van der Waals surface area contributed by atoms with Gasteiger partial charge in [0, 0.05) is 4.47 Å². The van der Waals surface area contributed by atoms with Crippen LogP contribution in [0.5, 0.6) is 5.75 Å². The summed E-state index contributed by atoms with van der Waals surface area (Å²) in [5.74, 6) is 0.668. The molecule has 0 spiro atoms.